The van der Waals surface area contributed by atoms with Crippen LogP contribution in [-0.2, 0) is 14.3 Å². The maximum Gasteiger partial charge on any atom is 0.323 e. The summed E-state index contributed by atoms with van der Waals surface area (Å²) >= 11 is 0. The molecule has 16 heavy (non-hydrogen) atoms. The molecule has 0 spiro atoms. The number of carboxylic acids is 1. The zero-order valence-electron chi connectivity index (χ0n) is 10.1. The molecule has 0 aromatic carbocycles. The monoisotopic (exact) mass is 232 g/mol. The van der Waals surface area contributed by atoms with Gasteiger partial charge in [-0.05, 0) is 14.1 Å². The van der Waals surface area contributed by atoms with Crippen LogP contribution in [0.5, 0.6) is 0 Å². The molecule has 0 saturated carbocycles. The first-order valence-electron chi connectivity index (χ1n) is 5.10. The van der Waals surface area contributed by atoms with Crippen molar-refractivity contribution in [3.05, 3.63) is 0 Å². The molecule has 0 aromatic rings. The molecular formula is C10H20N2O4. The number of carbonyl (C=O) groups excluding carboxylic acids is 1. The molecule has 94 valence electrons. The highest BCUT2D eigenvalue weighted by molar-refractivity contribution is 5.81. The van der Waals surface area contributed by atoms with Crippen molar-refractivity contribution in [2.75, 3.05) is 47.4 Å². The number of carboxylic acid groups (broad SMARTS) is 1. The molecule has 0 saturated heterocycles. The minimum Gasteiger partial charge on any atom is -0.480 e. The fourth-order valence-electron chi connectivity index (χ4n) is 1.13. The van der Waals surface area contributed by atoms with Crippen LogP contribution >= 0.6 is 0 Å². The minimum atomic E-state index is -1.01. The van der Waals surface area contributed by atoms with E-state index in [2.05, 4.69) is 0 Å². The van der Waals surface area contributed by atoms with Gasteiger partial charge in [0.25, 0.3) is 0 Å². The van der Waals surface area contributed by atoms with E-state index in [1.807, 2.05) is 19.0 Å². The summed E-state index contributed by atoms with van der Waals surface area (Å²) in [7, 11) is 5.25. The Morgan fingerprint density at radius 3 is 2.31 bits per heavy atom. The van der Waals surface area contributed by atoms with Gasteiger partial charge < -0.3 is 19.6 Å². The molecule has 0 aliphatic carbocycles. The van der Waals surface area contributed by atoms with Crippen molar-refractivity contribution in [2.24, 2.45) is 0 Å². The summed E-state index contributed by atoms with van der Waals surface area (Å²) in [5.74, 6) is -1.16. The molecule has 0 aromatic heterocycles. The summed E-state index contributed by atoms with van der Waals surface area (Å²) in [6.07, 6.45) is 0.323. The lowest BCUT2D eigenvalue weighted by molar-refractivity contribution is -0.145. The smallest absolute Gasteiger partial charge is 0.323 e. The van der Waals surface area contributed by atoms with Crippen LogP contribution in [0, 0.1) is 0 Å². The number of amides is 1. The lowest BCUT2D eigenvalue weighted by Crippen LogP contribution is -2.39. The fraction of sp³-hybridized carbons (Fsp3) is 0.800. The van der Waals surface area contributed by atoms with E-state index >= 15 is 0 Å². The second kappa shape index (κ2) is 8.06. The summed E-state index contributed by atoms with van der Waals surface area (Å²) < 4.78 is 4.83. The Kier molecular flexibility index (Phi) is 7.49. The Hall–Kier alpha value is -1.14. The van der Waals surface area contributed by atoms with Gasteiger partial charge in [-0.1, -0.05) is 0 Å². The lowest BCUT2D eigenvalue weighted by atomic mass is 10.3. The van der Waals surface area contributed by atoms with Crippen molar-refractivity contribution >= 4 is 11.9 Å². The molecular weight excluding hydrogens is 212 g/mol. The third kappa shape index (κ3) is 7.19. The summed E-state index contributed by atoms with van der Waals surface area (Å²) in [6, 6.07) is 0. The van der Waals surface area contributed by atoms with Crippen molar-refractivity contribution in [3.8, 4) is 0 Å². The average molecular weight is 232 g/mol. The number of nitrogens with zero attached hydrogens (tertiary/aromatic N) is 2. The van der Waals surface area contributed by atoms with E-state index in [1.54, 1.807) is 0 Å². The molecule has 1 amide bonds. The summed E-state index contributed by atoms with van der Waals surface area (Å²) in [4.78, 5) is 25.4. The standard InChI is InChI=1S/C10H20N2O4/c1-11(2)5-4-9(13)12(6-7-16-3)8-10(14)15/h4-8H2,1-3H3,(H,14,15). The Bertz CT molecular complexity index is 231. The molecule has 0 bridgehead atoms. The van der Waals surface area contributed by atoms with Gasteiger partial charge in [-0.3, -0.25) is 9.59 Å². The molecule has 0 rings (SSSR count). The quantitative estimate of drug-likeness (QED) is 0.611. The van der Waals surface area contributed by atoms with Gasteiger partial charge in [0, 0.05) is 26.6 Å². The van der Waals surface area contributed by atoms with Gasteiger partial charge in [0.2, 0.25) is 5.91 Å². The van der Waals surface area contributed by atoms with Crippen molar-refractivity contribution in [1.82, 2.24) is 9.80 Å². The van der Waals surface area contributed by atoms with Gasteiger partial charge in [-0.2, -0.15) is 0 Å². The van der Waals surface area contributed by atoms with Crippen molar-refractivity contribution in [3.63, 3.8) is 0 Å². The van der Waals surface area contributed by atoms with Crippen LogP contribution in [0.15, 0.2) is 0 Å². The van der Waals surface area contributed by atoms with Crippen LogP contribution in [0.1, 0.15) is 6.42 Å². The molecule has 0 radical (unpaired) electrons. The first-order chi connectivity index (χ1) is 7.47. The average Bonchev–Trinajstić information content (AvgIpc) is 2.20. The molecule has 0 unspecified atom stereocenters. The molecule has 0 aliphatic rings. The zero-order chi connectivity index (χ0) is 12.6. The Morgan fingerprint density at radius 1 is 1.25 bits per heavy atom. The van der Waals surface area contributed by atoms with Crippen LogP contribution in [0.25, 0.3) is 0 Å². The van der Waals surface area contributed by atoms with E-state index in [4.69, 9.17) is 9.84 Å². The highest BCUT2D eigenvalue weighted by Crippen LogP contribution is 1.96. The number of hydrogen-bond donors (Lipinski definition) is 1. The van der Waals surface area contributed by atoms with Gasteiger partial charge in [-0.25, -0.2) is 0 Å². The molecule has 6 nitrogen and oxygen atoms in total. The summed E-state index contributed by atoms with van der Waals surface area (Å²) in [5.41, 5.74) is 0. The largest absolute Gasteiger partial charge is 0.480 e. The summed E-state index contributed by atoms with van der Waals surface area (Å²) in [5, 5.41) is 8.66. The van der Waals surface area contributed by atoms with E-state index in [0.29, 0.717) is 26.1 Å². The first-order valence-corrected chi connectivity index (χ1v) is 5.10. The second-order valence-electron chi connectivity index (χ2n) is 3.76. The number of hydrogen-bond acceptors (Lipinski definition) is 4. The number of rotatable bonds is 8. The van der Waals surface area contributed by atoms with Crippen LogP contribution < -0.4 is 0 Å². The van der Waals surface area contributed by atoms with E-state index < -0.39 is 5.97 Å². The third-order valence-electron chi connectivity index (χ3n) is 2.02. The van der Waals surface area contributed by atoms with Gasteiger partial charge in [0.05, 0.1) is 6.61 Å². The third-order valence-corrected chi connectivity index (χ3v) is 2.02. The Morgan fingerprint density at radius 2 is 1.88 bits per heavy atom. The highest BCUT2D eigenvalue weighted by atomic mass is 16.5. The maximum atomic E-state index is 11.7. The number of carbonyl (C=O) groups is 2. The number of methoxy groups -OCH3 is 1. The maximum absolute atomic E-state index is 11.7. The zero-order valence-corrected chi connectivity index (χ0v) is 10.1. The molecule has 0 aliphatic heterocycles. The van der Waals surface area contributed by atoms with Crippen LogP contribution in [0.4, 0.5) is 0 Å². The van der Waals surface area contributed by atoms with E-state index in [0.717, 1.165) is 0 Å². The normalized spacial score (nSPS) is 10.5. The van der Waals surface area contributed by atoms with Crippen molar-refractivity contribution < 1.29 is 19.4 Å². The van der Waals surface area contributed by atoms with E-state index in [9.17, 15) is 9.59 Å². The van der Waals surface area contributed by atoms with Crippen LogP contribution in [0.2, 0.25) is 0 Å². The SMILES string of the molecule is COCCN(CC(=O)O)C(=O)CCN(C)C. The van der Waals surface area contributed by atoms with E-state index in [1.165, 1.54) is 12.0 Å². The Labute approximate surface area is 95.8 Å². The van der Waals surface area contributed by atoms with Crippen molar-refractivity contribution in [2.45, 2.75) is 6.42 Å². The predicted molar refractivity (Wildman–Crippen MR) is 59.3 cm³/mol. The molecule has 1 N–H and O–H groups in total. The number of aliphatic carboxylic acids is 1. The fourth-order valence-corrected chi connectivity index (χ4v) is 1.13. The molecule has 0 fully saturated rings. The second-order valence-corrected chi connectivity index (χ2v) is 3.76. The predicted octanol–water partition coefficient (Wildman–Crippen LogP) is -0.502. The highest BCUT2D eigenvalue weighted by Gasteiger charge is 2.16. The molecule has 0 heterocycles. The van der Waals surface area contributed by atoms with E-state index in [-0.39, 0.29) is 12.5 Å². The Balaban J connectivity index is 4.14. The van der Waals surface area contributed by atoms with Gasteiger partial charge in [-0.15, -0.1) is 0 Å². The summed E-state index contributed by atoms with van der Waals surface area (Å²) in [6.45, 7) is 1.01. The first kappa shape index (κ1) is 14.9. The van der Waals surface area contributed by atoms with Crippen LogP contribution in [0.3, 0.4) is 0 Å². The van der Waals surface area contributed by atoms with Gasteiger partial charge in [0.15, 0.2) is 0 Å². The minimum absolute atomic E-state index is 0.159. The molecule has 0 atom stereocenters. The molecule has 6 heteroatoms. The topological polar surface area (TPSA) is 70.1 Å². The van der Waals surface area contributed by atoms with Gasteiger partial charge >= 0.3 is 5.97 Å². The lowest BCUT2D eigenvalue weighted by Gasteiger charge is -2.21. The number of ether oxygens (including phenoxy) is 1. The van der Waals surface area contributed by atoms with Gasteiger partial charge in [0.1, 0.15) is 6.54 Å². The van der Waals surface area contributed by atoms with Crippen molar-refractivity contribution in [1.29, 1.82) is 0 Å². The van der Waals surface area contributed by atoms with Crippen LogP contribution in [-0.4, -0.2) is 74.2 Å².